The van der Waals surface area contributed by atoms with E-state index in [9.17, 15) is 9.59 Å². The number of nitrogens with two attached hydrogens (primary N) is 1. The molecule has 5 heteroatoms. The maximum absolute atomic E-state index is 12.3. The molecule has 1 heterocycles. The highest BCUT2D eigenvalue weighted by Crippen LogP contribution is 2.41. The van der Waals surface area contributed by atoms with Crippen molar-refractivity contribution in [2.45, 2.75) is 19.3 Å². The van der Waals surface area contributed by atoms with E-state index in [1.54, 1.807) is 16.8 Å². The van der Waals surface area contributed by atoms with Crippen molar-refractivity contribution in [3.8, 4) is 0 Å². The third-order valence-electron chi connectivity index (χ3n) is 3.90. The topological polar surface area (TPSA) is 66.6 Å². The molecule has 16 heavy (non-hydrogen) atoms. The standard InChI is InChI=1S/C11H19N3O2/c1-13-5-6-14(7-9(13)15)10(16)11(8-12)3-2-4-11/h2-8,12H2,1H3. The van der Waals surface area contributed by atoms with Gasteiger partial charge in [0.2, 0.25) is 11.8 Å². The summed E-state index contributed by atoms with van der Waals surface area (Å²) in [6.07, 6.45) is 2.83. The molecule has 1 aliphatic carbocycles. The van der Waals surface area contributed by atoms with Crippen LogP contribution in [-0.2, 0) is 9.59 Å². The van der Waals surface area contributed by atoms with E-state index in [1.165, 1.54) is 0 Å². The van der Waals surface area contributed by atoms with Crippen LogP contribution in [0.1, 0.15) is 19.3 Å². The molecule has 2 rings (SSSR count). The fourth-order valence-electron chi connectivity index (χ4n) is 2.38. The van der Waals surface area contributed by atoms with Crippen molar-refractivity contribution in [2.75, 3.05) is 33.2 Å². The maximum Gasteiger partial charge on any atom is 0.241 e. The van der Waals surface area contributed by atoms with Gasteiger partial charge in [0.1, 0.15) is 0 Å². The van der Waals surface area contributed by atoms with Crippen LogP contribution in [-0.4, -0.2) is 54.8 Å². The first kappa shape index (κ1) is 11.4. The number of amides is 2. The smallest absolute Gasteiger partial charge is 0.241 e. The average molecular weight is 225 g/mol. The molecule has 2 fully saturated rings. The molecule has 90 valence electrons. The van der Waals surface area contributed by atoms with Gasteiger partial charge in [-0.25, -0.2) is 0 Å². The van der Waals surface area contributed by atoms with Crippen LogP contribution >= 0.6 is 0 Å². The van der Waals surface area contributed by atoms with Gasteiger partial charge in [0.25, 0.3) is 0 Å². The Bertz CT molecular complexity index is 307. The average Bonchev–Trinajstić information content (AvgIpc) is 2.21. The summed E-state index contributed by atoms with van der Waals surface area (Å²) >= 11 is 0. The van der Waals surface area contributed by atoms with E-state index in [4.69, 9.17) is 5.73 Å². The number of rotatable bonds is 2. The molecule has 0 atom stereocenters. The van der Waals surface area contributed by atoms with Crippen LogP contribution in [0.2, 0.25) is 0 Å². The minimum absolute atomic E-state index is 0.0195. The Morgan fingerprint density at radius 3 is 2.56 bits per heavy atom. The van der Waals surface area contributed by atoms with E-state index in [-0.39, 0.29) is 23.8 Å². The minimum atomic E-state index is -0.351. The zero-order valence-electron chi connectivity index (χ0n) is 9.74. The highest BCUT2D eigenvalue weighted by Gasteiger charge is 2.46. The lowest BCUT2D eigenvalue weighted by molar-refractivity contribution is -0.154. The molecule has 1 saturated heterocycles. The van der Waals surface area contributed by atoms with Gasteiger partial charge in [0, 0.05) is 26.7 Å². The first-order valence-corrected chi connectivity index (χ1v) is 5.82. The number of likely N-dealkylation sites (N-methyl/N-ethyl adjacent to an activating group) is 1. The van der Waals surface area contributed by atoms with Crippen molar-refractivity contribution in [2.24, 2.45) is 11.1 Å². The van der Waals surface area contributed by atoms with E-state index in [0.29, 0.717) is 19.6 Å². The van der Waals surface area contributed by atoms with Crippen molar-refractivity contribution in [3.63, 3.8) is 0 Å². The Morgan fingerprint density at radius 1 is 1.44 bits per heavy atom. The molecule has 0 bridgehead atoms. The molecule has 1 aliphatic heterocycles. The zero-order valence-corrected chi connectivity index (χ0v) is 9.74. The van der Waals surface area contributed by atoms with Crippen molar-refractivity contribution in [3.05, 3.63) is 0 Å². The minimum Gasteiger partial charge on any atom is -0.342 e. The molecule has 2 amide bonds. The second-order valence-electron chi connectivity index (χ2n) is 4.88. The maximum atomic E-state index is 12.3. The van der Waals surface area contributed by atoms with Crippen LogP contribution in [0, 0.1) is 5.41 Å². The van der Waals surface area contributed by atoms with E-state index >= 15 is 0 Å². The van der Waals surface area contributed by atoms with Crippen LogP contribution in [0.5, 0.6) is 0 Å². The molecule has 0 aromatic carbocycles. The second kappa shape index (κ2) is 4.05. The molecule has 0 radical (unpaired) electrons. The van der Waals surface area contributed by atoms with Crippen molar-refractivity contribution in [1.29, 1.82) is 0 Å². The van der Waals surface area contributed by atoms with Gasteiger partial charge in [-0.15, -0.1) is 0 Å². The lowest BCUT2D eigenvalue weighted by Crippen LogP contribution is -2.58. The number of hydrogen-bond acceptors (Lipinski definition) is 3. The summed E-state index contributed by atoms with van der Waals surface area (Å²) in [5.41, 5.74) is 5.34. The SMILES string of the molecule is CN1CCN(C(=O)C2(CN)CCC2)CC1=O. The summed E-state index contributed by atoms with van der Waals surface area (Å²) in [5.74, 6) is 0.105. The lowest BCUT2D eigenvalue weighted by atomic mass is 9.67. The predicted octanol–water partition coefficient (Wildman–Crippen LogP) is -0.584. The highest BCUT2D eigenvalue weighted by molar-refractivity contribution is 5.89. The fourth-order valence-corrected chi connectivity index (χ4v) is 2.38. The van der Waals surface area contributed by atoms with Gasteiger partial charge in [0.05, 0.1) is 12.0 Å². The molecule has 0 aromatic heterocycles. The van der Waals surface area contributed by atoms with Crippen LogP contribution in [0.4, 0.5) is 0 Å². The number of carbonyl (C=O) groups is 2. The molecule has 0 unspecified atom stereocenters. The van der Waals surface area contributed by atoms with E-state index < -0.39 is 0 Å². The monoisotopic (exact) mass is 225 g/mol. The molecule has 0 spiro atoms. The first-order chi connectivity index (χ1) is 7.59. The molecule has 2 N–H and O–H groups in total. The summed E-state index contributed by atoms with van der Waals surface area (Å²) in [6.45, 7) is 1.90. The molecule has 5 nitrogen and oxygen atoms in total. The van der Waals surface area contributed by atoms with E-state index in [1.807, 2.05) is 0 Å². The predicted molar refractivity (Wildman–Crippen MR) is 59.6 cm³/mol. The van der Waals surface area contributed by atoms with Crippen LogP contribution < -0.4 is 5.73 Å². The normalized spacial score (nSPS) is 24.2. The van der Waals surface area contributed by atoms with Crippen LogP contribution in [0.15, 0.2) is 0 Å². The molecule has 1 saturated carbocycles. The number of carbonyl (C=O) groups excluding carboxylic acids is 2. The third-order valence-corrected chi connectivity index (χ3v) is 3.90. The third kappa shape index (κ3) is 1.69. The van der Waals surface area contributed by atoms with Gasteiger partial charge in [0.15, 0.2) is 0 Å². The highest BCUT2D eigenvalue weighted by atomic mass is 16.2. The Labute approximate surface area is 95.6 Å². The second-order valence-corrected chi connectivity index (χ2v) is 4.88. The summed E-state index contributed by atoms with van der Waals surface area (Å²) in [5, 5.41) is 0. The molecule has 0 aromatic rings. The fraction of sp³-hybridized carbons (Fsp3) is 0.818. The summed E-state index contributed by atoms with van der Waals surface area (Å²) in [6, 6.07) is 0. The van der Waals surface area contributed by atoms with Crippen LogP contribution in [0.3, 0.4) is 0 Å². The Hall–Kier alpha value is -1.10. The van der Waals surface area contributed by atoms with Gasteiger partial charge in [-0.05, 0) is 12.8 Å². The Kier molecular flexibility index (Phi) is 2.88. The van der Waals surface area contributed by atoms with Crippen LogP contribution in [0.25, 0.3) is 0 Å². The summed E-state index contributed by atoms with van der Waals surface area (Å²) < 4.78 is 0. The molecule has 2 aliphatic rings. The van der Waals surface area contributed by atoms with Gasteiger partial charge >= 0.3 is 0 Å². The first-order valence-electron chi connectivity index (χ1n) is 5.82. The van der Waals surface area contributed by atoms with Gasteiger partial charge in [-0.1, -0.05) is 6.42 Å². The Morgan fingerprint density at radius 2 is 2.12 bits per heavy atom. The van der Waals surface area contributed by atoms with E-state index in [2.05, 4.69) is 0 Å². The summed E-state index contributed by atoms with van der Waals surface area (Å²) in [7, 11) is 1.77. The summed E-state index contributed by atoms with van der Waals surface area (Å²) in [4.78, 5) is 27.1. The van der Waals surface area contributed by atoms with Crippen molar-refractivity contribution in [1.82, 2.24) is 9.80 Å². The quantitative estimate of drug-likeness (QED) is 0.683. The molecular formula is C11H19N3O2. The van der Waals surface area contributed by atoms with Gasteiger partial charge in [-0.3, -0.25) is 9.59 Å². The van der Waals surface area contributed by atoms with Crippen molar-refractivity contribution >= 4 is 11.8 Å². The van der Waals surface area contributed by atoms with Gasteiger partial charge in [-0.2, -0.15) is 0 Å². The zero-order chi connectivity index (χ0) is 11.8. The Balaban J connectivity index is 2.02. The van der Waals surface area contributed by atoms with Gasteiger partial charge < -0.3 is 15.5 Å². The number of nitrogens with zero attached hydrogens (tertiary/aromatic N) is 2. The largest absolute Gasteiger partial charge is 0.342 e. The van der Waals surface area contributed by atoms with E-state index in [0.717, 1.165) is 19.3 Å². The van der Waals surface area contributed by atoms with Crippen molar-refractivity contribution < 1.29 is 9.59 Å². The number of hydrogen-bond donors (Lipinski definition) is 1. The number of piperazine rings is 1. The molecular weight excluding hydrogens is 206 g/mol. The lowest BCUT2D eigenvalue weighted by Gasteiger charge is -2.44.